The molecule has 2 N–H and O–H groups in total. The van der Waals surface area contributed by atoms with Gasteiger partial charge < -0.3 is 5.73 Å². The van der Waals surface area contributed by atoms with Gasteiger partial charge in [-0.25, -0.2) is 13.8 Å². The predicted molar refractivity (Wildman–Crippen MR) is 50.8 cm³/mol. The van der Waals surface area contributed by atoms with E-state index in [1.807, 2.05) is 0 Å². The molecule has 0 atom stereocenters. The van der Waals surface area contributed by atoms with Gasteiger partial charge in [0.15, 0.2) is 11.6 Å². The molecule has 0 radical (unpaired) electrons. The number of rotatable bonds is 0. The number of pyridine rings is 1. The van der Waals surface area contributed by atoms with Gasteiger partial charge in [-0.2, -0.15) is 0 Å². The lowest BCUT2D eigenvalue weighted by Crippen LogP contribution is -1.96. The van der Waals surface area contributed by atoms with Crippen LogP contribution in [0.25, 0.3) is 10.9 Å². The maximum absolute atomic E-state index is 13.3. The first-order valence-electron chi connectivity index (χ1n) is 4.10. The van der Waals surface area contributed by atoms with E-state index in [0.29, 0.717) is 16.8 Å². The summed E-state index contributed by atoms with van der Waals surface area (Å²) < 4.78 is 26.1. The Kier molecular flexibility index (Phi) is 1.84. The SMILES string of the molecule is Cc1cc(N)c2ccc(F)c(F)c2n1. The van der Waals surface area contributed by atoms with Crippen LogP contribution in [0.4, 0.5) is 14.5 Å². The van der Waals surface area contributed by atoms with E-state index in [4.69, 9.17) is 5.73 Å². The molecule has 1 heterocycles. The van der Waals surface area contributed by atoms with Crippen LogP contribution in [0.1, 0.15) is 5.69 Å². The summed E-state index contributed by atoms with van der Waals surface area (Å²) >= 11 is 0. The van der Waals surface area contributed by atoms with Gasteiger partial charge in [0.1, 0.15) is 5.52 Å². The fourth-order valence-electron chi connectivity index (χ4n) is 1.39. The highest BCUT2D eigenvalue weighted by molar-refractivity contribution is 5.90. The number of hydrogen-bond donors (Lipinski definition) is 1. The molecule has 2 nitrogen and oxygen atoms in total. The maximum atomic E-state index is 13.3. The minimum Gasteiger partial charge on any atom is -0.398 e. The number of aryl methyl sites for hydroxylation is 1. The Morgan fingerprint density at radius 3 is 2.71 bits per heavy atom. The summed E-state index contributed by atoms with van der Waals surface area (Å²) in [6.45, 7) is 1.68. The highest BCUT2D eigenvalue weighted by Gasteiger charge is 2.10. The van der Waals surface area contributed by atoms with Gasteiger partial charge in [0.05, 0.1) is 0 Å². The van der Waals surface area contributed by atoms with Crippen molar-refractivity contribution >= 4 is 16.6 Å². The molecule has 2 aromatic rings. The van der Waals surface area contributed by atoms with Crippen LogP contribution in [-0.4, -0.2) is 4.98 Å². The van der Waals surface area contributed by atoms with Crippen LogP contribution in [-0.2, 0) is 0 Å². The van der Waals surface area contributed by atoms with Gasteiger partial charge in [0.2, 0.25) is 0 Å². The lowest BCUT2D eigenvalue weighted by atomic mass is 10.1. The van der Waals surface area contributed by atoms with Crippen LogP contribution in [0, 0.1) is 18.6 Å². The molecule has 0 fully saturated rings. The van der Waals surface area contributed by atoms with Crippen LogP contribution in [0.3, 0.4) is 0 Å². The Hall–Kier alpha value is -1.71. The van der Waals surface area contributed by atoms with Gasteiger partial charge in [-0.15, -0.1) is 0 Å². The zero-order valence-corrected chi connectivity index (χ0v) is 7.51. The smallest absolute Gasteiger partial charge is 0.185 e. The van der Waals surface area contributed by atoms with Crippen molar-refractivity contribution in [1.82, 2.24) is 4.98 Å². The Morgan fingerprint density at radius 2 is 2.00 bits per heavy atom. The number of nitrogens with two attached hydrogens (primary N) is 1. The third-order valence-corrected chi connectivity index (χ3v) is 2.03. The first-order chi connectivity index (χ1) is 6.59. The van der Waals surface area contributed by atoms with Gasteiger partial charge in [-0.05, 0) is 25.1 Å². The summed E-state index contributed by atoms with van der Waals surface area (Å²) in [7, 11) is 0. The molecule has 2 rings (SSSR count). The van der Waals surface area contributed by atoms with Crippen LogP contribution in [0.2, 0.25) is 0 Å². The molecule has 4 heteroatoms. The molecule has 0 bridgehead atoms. The Labute approximate surface area is 79.4 Å². The van der Waals surface area contributed by atoms with Gasteiger partial charge in [-0.1, -0.05) is 0 Å². The summed E-state index contributed by atoms with van der Waals surface area (Å²) in [4.78, 5) is 3.90. The number of anilines is 1. The molecule has 72 valence electrons. The van der Waals surface area contributed by atoms with Crippen LogP contribution in [0.5, 0.6) is 0 Å². The summed E-state index contributed by atoms with van der Waals surface area (Å²) in [5, 5.41) is 0.439. The molecular formula is C10H8F2N2. The maximum Gasteiger partial charge on any atom is 0.185 e. The van der Waals surface area contributed by atoms with E-state index in [9.17, 15) is 8.78 Å². The first-order valence-corrected chi connectivity index (χ1v) is 4.10. The number of nitrogen functional groups attached to an aromatic ring is 1. The van der Waals surface area contributed by atoms with Crippen LogP contribution in [0.15, 0.2) is 18.2 Å². The lowest BCUT2D eigenvalue weighted by molar-refractivity contribution is 0.515. The topological polar surface area (TPSA) is 38.9 Å². The quantitative estimate of drug-likeness (QED) is 0.699. The molecule has 0 saturated heterocycles. The summed E-state index contributed by atoms with van der Waals surface area (Å²) in [6.07, 6.45) is 0. The summed E-state index contributed by atoms with van der Waals surface area (Å²) in [6, 6.07) is 4.10. The molecule has 0 amide bonds. The van der Waals surface area contributed by atoms with E-state index < -0.39 is 11.6 Å². The molecule has 0 spiro atoms. The van der Waals surface area contributed by atoms with Gasteiger partial charge in [-0.3, -0.25) is 0 Å². The number of hydrogen-bond acceptors (Lipinski definition) is 2. The molecule has 14 heavy (non-hydrogen) atoms. The van der Waals surface area contributed by atoms with Crippen molar-refractivity contribution < 1.29 is 8.78 Å². The molecule has 0 saturated carbocycles. The van der Waals surface area contributed by atoms with E-state index in [1.54, 1.807) is 13.0 Å². The zero-order valence-electron chi connectivity index (χ0n) is 7.51. The van der Waals surface area contributed by atoms with Crippen molar-refractivity contribution in [3.63, 3.8) is 0 Å². The summed E-state index contributed by atoms with van der Waals surface area (Å²) in [5.41, 5.74) is 6.61. The Bertz CT molecular complexity index is 509. The highest BCUT2D eigenvalue weighted by Crippen LogP contribution is 2.24. The second-order valence-corrected chi connectivity index (χ2v) is 3.11. The predicted octanol–water partition coefficient (Wildman–Crippen LogP) is 2.40. The number of aromatic nitrogens is 1. The van der Waals surface area contributed by atoms with Gasteiger partial charge in [0, 0.05) is 16.8 Å². The molecule has 1 aromatic carbocycles. The third kappa shape index (κ3) is 1.19. The number of halogens is 2. The summed E-state index contributed by atoms with van der Waals surface area (Å²) in [5.74, 6) is -1.85. The van der Waals surface area contributed by atoms with Crippen molar-refractivity contribution in [3.8, 4) is 0 Å². The van der Waals surface area contributed by atoms with Crippen LogP contribution < -0.4 is 5.73 Å². The van der Waals surface area contributed by atoms with Crippen molar-refractivity contribution in [3.05, 3.63) is 35.5 Å². The largest absolute Gasteiger partial charge is 0.398 e. The Balaban J connectivity index is 2.95. The highest BCUT2D eigenvalue weighted by atomic mass is 19.2. The molecule has 0 aliphatic rings. The van der Waals surface area contributed by atoms with Gasteiger partial charge >= 0.3 is 0 Å². The molecule has 0 unspecified atom stereocenters. The fourth-order valence-corrected chi connectivity index (χ4v) is 1.39. The number of nitrogens with zero attached hydrogens (tertiary/aromatic N) is 1. The minimum absolute atomic E-state index is 0.0116. The Morgan fingerprint density at radius 1 is 1.29 bits per heavy atom. The van der Waals surface area contributed by atoms with Crippen molar-refractivity contribution in [2.45, 2.75) is 6.92 Å². The molecule has 0 aliphatic carbocycles. The van der Waals surface area contributed by atoms with E-state index in [0.717, 1.165) is 6.07 Å². The van der Waals surface area contributed by atoms with Crippen molar-refractivity contribution in [1.29, 1.82) is 0 Å². The molecule has 0 aliphatic heterocycles. The normalized spacial score (nSPS) is 10.8. The molecular weight excluding hydrogens is 186 g/mol. The monoisotopic (exact) mass is 194 g/mol. The van der Waals surface area contributed by atoms with Gasteiger partial charge in [0.25, 0.3) is 0 Å². The molecule has 1 aromatic heterocycles. The second-order valence-electron chi connectivity index (χ2n) is 3.11. The van der Waals surface area contributed by atoms with E-state index in [2.05, 4.69) is 4.98 Å². The van der Waals surface area contributed by atoms with E-state index in [1.165, 1.54) is 6.07 Å². The second kappa shape index (κ2) is 2.90. The van der Waals surface area contributed by atoms with Crippen molar-refractivity contribution in [2.24, 2.45) is 0 Å². The third-order valence-electron chi connectivity index (χ3n) is 2.03. The average Bonchev–Trinajstić information content (AvgIpc) is 2.12. The zero-order chi connectivity index (χ0) is 10.3. The van der Waals surface area contributed by atoms with Crippen LogP contribution >= 0.6 is 0 Å². The lowest BCUT2D eigenvalue weighted by Gasteiger charge is -2.04. The fraction of sp³-hybridized carbons (Fsp3) is 0.100. The average molecular weight is 194 g/mol. The minimum atomic E-state index is -0.946. The first kappa shape index (κ1) is 8.87. The number of benzene rings is 1. The van der Waals surface area contributed by atoms with E-state index in [-0.39, 0.29) is 5.52 Å². The van der Waals surface area contributed by atoms with Crippen molar-refractivity contribution in [2.75, 3.05) is 5.73 Å². The standard InChI is InChI=1S/C10H8F2N2/c1-5-4-8(13)6-2-3-7(11)9(12)10(6)14-5/h2-4H,1H3,(H2,13,14). The number of fused-ring (bicyclic) bond motifs is 1. The van der Waals surface area contributed by atoms with E-state index >= 15 is 0 Å².